The first-order valence-electron chi connectivity index (χ1n) is 12.4. The molecule has 3 aromatic carbocycles. The number of alkyl halides is 1. The topological polar surface area (TPSA) is 55.8 Å². The van der Waals surface area contributed by atoms with Crippen LogP contribution in [0.1, 0.15) is 55.2 Å². The van der Waals surface area contributed by atoms with Gasteiger partial charge in [-0.25, -0.2) is 0 Å². The molecule has 0 aliphatic heterocycles. The Morgan fingerprint density at radius 1 is 0.714 bits per heavy atom. The summed E-state index contributed by atoms with van der Waals surface area (Å²) >= 11 is 3.43. The molecule has 0 amide bonds. The van der Waals surface area contributed by atoms with Crippen molar-refractivity contribution < 1.29 is 19.4 Å². The normalized spacial score (nSPS) is 12.3. The fourth-order valence-electron chi connectivity index (χ4n) is 4.19. The monoisotopic (exact) mass is 538 g/mol. The predicted octanol–water partition coefficient (Wildman–Crippen LogP) is 6.63. The number of benzene rings is 3. The standard InChI is InChI=1S/C30H35BrO4/c31-22-14-3-1-2-13-21-29(33)34-23-28(32)24-35-30(25-15-7-4-8-16-25,26-17-9-5-10-18-26)27-19-11-6-12-20-27/h4-12,15-20,28,32H,1-3,13-14,21-24H2. The summed E-state index contributed by atoms with van der Waals surface area (Å²) < 4.78 is 11.9. The van der Waals surface area contributed by atoms with Gasteiger partial charge in [0, 0.05) is 11.8 Å². The van der Waals surface area contributed by atoms with E-state index in [1.165, 1.54) is 6.42 Å². The maximum Gasteiger partial charge on any atom is 0.305 e. The van der Waals surface area contributed by atoms with Crippen molar-refractivity contribution in [1.82, 2.24) is 0 Å². The van der Waals surface area contributed by atoms with E-state index in [1.807, 2.05) is 91.0 Å². The Morgan fingerprint density at radius 2 is 1.17 bits per heavy atom. The van der Waals surface area contributed by atoms with Crippen LogP contribution < -0.4 is 0 Å². The molecule has 3 rings (SSSR count). The zero-order valence-electron chi connectivity index (χ0n) is 20.2. The van der Waals surface area contributed by atoms with Gasteiger partial charge in [0.1, 0.15) is 18.3 Å². The second-order valence-corrected chi connectivity index (χ2v) is 9.43. The lowest BCUT2D eigenvalue weighted by molar-refractivity contribution is -0.149. The second-order valence-electron chi connectivity index (χ2n) is 8.63. The second kappa shape index (κ2) is 14.8. The zero-order valence-corrected chi connectivity index (χ0v) is 21.7. The molecular weight excluding hydrogens is 504 g/mol. The van der Waals surface area contributed by atoms with Gasteiger partial charge in [-0.1, -0.05) is 126 Å². The highest BCUT2D eigenvalue weighted by atomic mass is 79.9. The number of carbonyl (C=O) groups excluding carboxylic acids is 1. The number of halogens is 1. The number of rotatable bonds is 15. The summed E-state index contributed by atoms with van der Waals surface area (Å²) in [6.45, 7) is -0.0740. The van der Waals surface area contributed by atoms with E-state index in [2.05, 4.69) is 15.9 Å². The first-order valence-corrected chi connectivity index (χ1v) is 13.5. The van der Waals surface area contributed by atoms with Crippen LogP contribution in [0.25, 0.3) is 0 Å². The molecule has 0 heterocycles. The molecule has 0 aromatic heterocycles. The average molecular weight is 540 g/mol. The van der Waals surface area contributed by atoms with Crippen LogP contribution >= 0.6 is 15.9 Å². The van der Waals surface area contributed by atoms with E-state index in [-0.39, 0.29) is 19.2 Å². The maximum absolute atomic E-state index is 12.1. The third-order valence-corrected chi connectivity index (χ3v) is 6.55. The molecule has 0 radical (unpaired) electrons. The molecule has 186 valence electrons. The van der Waals surface area contributed by atoms with Crippen LogP contribution in [0.4, 0.5) is 0 Å². The van der Waals surface area contributed by atoms with E-state index in [1.54, 1.807) is 0 Å². The molecule has 0 saturated carbocycles. The minimum Gasteiger partial charge on any atom is -0.463 e. The van der Waals surface area contributed by atoms with E-state index < -0.39 is 11.7 Å². The molecule has 1 atom stereocenters. The number of aliphatic hydroxyl groups is 1. The Kier molecular flexibility index (Phi) is 11.5. The van der Waals surface area contributed by atoms with E-state index in [0.717, 1.165) is 47.7 Å². The van der Waals surface area contributed by atoms with Crippen molar-refractivity contribution >= 4 is 21.9 Å². The zero-order chi connectivity index (χ0) is 24.8. The summed E-state index contributed by atoms with van der Waals surface area (Å²) in [4.78, 5) is 12.1. The van der Waals surface area contributed by atoms with Gasteiger partial charge >= 0.3 is 5.97 Å². The quantitative estimate of drug-likeness (QED) is 0.102. The largest absolute Gasteiger partial charge is 0.463 e. The van der Waals surface area contributed by atoms with Crippen molar-refractivity contribution in [2.45, 2.75) is 50.2 Å². The van der Waals surface area contributed by atoms with Crippen LogP contribution in [0.15, 0.2) is 91.0 Å². The first kappa shape index (κ1) is 27.1. The molecule has 1 N–H and O–H groups in total. The lowest BCUT2D eigenvalue weighted by atomic mass is 9.80. The van der Waals surface area contributed by atoms with Crippen LogP contribution in [0.3, 0.4) is 0 Å². The summed E-state index contributed by atoms with van der Waals surface area (Å²) in [5.74, 6) is -0.273. The van der Waals surface area contributed by atoms with Crippen molar-refractivity contribution in [3.05, 3.63) is 108 Å². The smallest absolute Gasteiger partial charge is 0.305 e. The molecule has 0 aliphatic rings. The lowest BCUT2D eigenvalue weighted by Crippen LogP contribution is -2.37. The highest BCUT2D eigenvalue weighted by Crippen LogP contribution is 2.40. The van der Waals surface area contributed by atoms with Gasteiger partial charge in [0.05, 0.1) is 6.61 Å². The van der Waals surface area contributed by atoms with Crippen molar-refractivity contribution in [2.24, 2.45) is 0 Å². The number of hydrogen-bond donors (Lipinski definition) is 1. The molecule has 4 nitrogen and oxygen atoms in total. The highest BCUT2D eigenvalue weighted by molar-refractivity contribution is 9.09. The fourth-order valence-corrected chi connectivity index (χ4v) is 4.59. The van der Waals surface area contributed by atoms with E-state index in [0.29, 0.717) is 6.42 Å². The highest BCUT2D eigenvalue weighted by Gasteiger charge is 2.38. The first-order chi connectivity index (χ1) is 17.2. The van der Waals surface area contributed by atoms with Gasteiger partial charge in [-0.15, -0.1) is 0 Å². The van der Waals surface area contributed by atoms with E-state index >= 15 is 0 Å². The van der Waals surface area contributed by atoms with E-state index in [9.17, 15) is 9.90 Å². The van der Waals surface area contributed by atoms with Crippen LogP contribution in [0, 0.1) is 0 Å². The Labute approximate surface area is 217 Å². The Bertz CT molecular complexity index is 882. The number of esters is 1. The van der Waals surface area contributed by atoms with Gasteiger partial charge in [-0.05, 0) is 29.5 Å². The average Bonchev–Trinajstić information content (AvgIpc) is 2.91. The number of unbranched alkanes of at least 4 members (excludes halogenated alkanes) is 4. The van der Waals surface area contributed by atoms with E-state index in [4.69, 9.17) is 9.47 Å². The number of carbonyl (C=O) groups is 1. The molecule has 0 bridgehead atoms. The summed E-state index contributed by atoms with van der Waals surface area (Å²) in [6, 6.07) is 30.0. The Hall–Kier alpha value is -2.47. The summed E-state index contributed by atoms with van der Waals surface area (Å²) in [5, 5.41) is 11.7. The van der Waals surface area contributed by atoms with Crippen molar-refractivity contribution in [2.75, 3.05) is 18.5 Å². The molecule has 0 spiro atoms. The molecule has 0 aliphatic carbocycles. The Balaban J connectivity index is 1.67. The maximum atomic E-state index is 12.1. The molecular formula is C30H35BrO4. The van der Waals surface area contributed by atoms with Crippen LogP contribution in [-0.2, 0) is 19.9 Å². The summed E-state index contributed by atoms with van der Waals surface area (Å²) in [5.41, 5.74) is 1.97. The lowest BCUT2D eigenvalue weighted by Gasteiger charge is -2.36. The van der Waals surface area contributed by atoms with Gasteiger partial charge in [-0.3, -0.25) is 4.79 Å². The minimum absolute atomic E-state index is 0.0124. The number of aliphatic hydroxyl groups excluding tert-OH is 1. The fraction of sp³-hybridized carbons (Fsp3) is 0.367. The Morgan fingerprint density at radius 3 is 1.66 bits per heavy atom. The molecule has 35 heavy (non-hydrogen) atoms. The predicted molar refractivity (Wildman–Crippen MR) is 144 cm³/mol. The minimum atomic E-state index is -0.937. The third-order valence-electron chi connectivity index (χ3n) is 5.98. The molecule has 0 fully saturated rings. The van der Waals surface area contributed by atoms with Gasteiger partial charge in [-0.2, -0.15) is 0 Å². The number of ether oxygens (including phenoxy) is 2. The number of hydrogen-bond acceptors (Lipinski definition) is 4. The molecule has 3 aromatic rings. The SMILES string of the molecule is O=C(CCCCCCCBr)OCC(O)COC(c1ccccc1)(c1ccccc1)c1ccccc1. The van der Waals surface area contributed by atoms with Crippen LogP contribution in [0.5, 0.6) is 0 Å². The van der Waals surface area contributed by atoms with Crippen molar-refractivity contribution in [3.8, 4) is 0 Å². The van der Waals surface area contributed by atoms with Crippen molar-refractivity contribution in [1.29, 1.82) is 0 Å². The van der Waals surface area contributed by atoms with Gasteiger partial charge < -0.3 is 14.6 Å². The summed E-state index contributed by atoms with van der Waals surface area (Å²) in [7, 11) is 0. The molecule has 5 heteroatoms. The van der Waals surface area contributed by atoms with Crippen molar-refractivity contribution in [3.63, 3.8) is 0 Å². The van der Waals surface area contributed by atoms with Gasteiger partial charge in [0.15, 0.2) is 0 Å². The van der Waals surface area contributed by atoms with Crippen LogP contribution in [-0.4, -0.2) is 35.7 Å². The third kappa shape index (κ3) is 8.03. The molecule has 0 saturated heterocycles. The van der Waals surface area contributed by atoms with Gasteiger partial charge in [0.25, 0.3) is 0 Å². The molecule has 1 unspecified atom stereocenters. The van der Waals surface area contributed by atoms with Gasteiger partial charge in [0.2, 0.25) is 0 Å². The van der Waals surface area contributed by atoms with Crippen LogP contribution in [0.2, 0.25) is 0 Å². The summed E-state index contributed by atoms with van der Waals surface area (Å²) in [6.07, 6.45) is 4.72.